The summed E-state index contributed by atoms with van der Waals surface area (Å²) in [5.74, 6) is 0.0900. The SMILES string of the molecule is COc1cc(N)cc(C(=O)N2CCC3(CC2)OCCO3)c1. The first kappa shape index (κ1) is 14.2. The molecule has 2 aliphatic rings. The molecular formula is C15H20N2O4. The first-order valence-corrected chi connectivity index (χ1v) is 7.14. The number of piperidine rings is 1. The fraction of sp³-hybridized carbons (Fsp3) is 0.533. The normalized spacial score (nSPS) is 20.7. The summed E-state index contributed by atoms with van der Waals surface area (Å²) in [6.07, 6.45) is 1.41. The van der Waals surface area contributed by atoms with Crippen LogP contribution >= 0.6 is 0 Å². The first-order chi connectivity index (χ1) is 10.1. The van der Waals surface area contributed by atoms with Gasteiger partial charge in [-0.3, -0.25) is 4.79 Å². The smallest absolute Gasteiger partial charge is 0.254 e. The van der Waals surface area contributed by atoms with E-state index in [1.807, 2.05) is 4.90 Å². The number of benzene rings is 1. The second-order valence-corrected chi connectivity index (χ2v) is 5.39. The molecule has 0 aliphatic carbocycles. The molecule has 0 saturated carbocycles. The van der Waals surface area contributed by atoms with Crippen molar-refractivity contribution in [3.63, 3.8) is 0 Å². The van der Waals surface area contributed by atoms with Crippen molar-refractivity contribution in [1.82, 2.24) is 4.90 Å². The highest BCUT2D eigenvalue weighted by atomic mass is 16.7. The summed E-state index contributed by atoms with van der Waals surface area (Å²) in [7, 11) is 1.56. The number of carbonyl (C=O) groups excluding carboxylic acids is 1. The molecule has 114 valence electrons. The van der Waals surface area contributed by atoms with Gasteiger partial charge in [-0.15, -0.1) is 0 Å². The number of nitrogens with two attached hydrogens (primary N) is 1. The second kappa shape index (κ2) is 5.54. The van der Waals surface area contributed by atoms with Crippen LogP contribution in [0.5, 0.6) is 5.75 Å². The zero-order valence-corrected chi connectivity index (χ0v) is 12.1. The minimum absolute atomic E-state index is 0.0338. The Hall–Kier alpha value is -1.79. The highest BCUT2D eigenvalue weighted by Crippen LogP contribution is 2.32. The molecule has 1 spiro atoms. The largest absolute Gasteiger partial charge is 0.497 e. The molecule has 6 heteroatoms. The molecule has 0 unspecified atom stereocenters. The quantitative estimate of drug-likeness (QED) is 0.831. The molecule has 1 aromatic rings. The molecule has 21 heavy (non-hydrogen) atoms. The number of likely N-dealkylation sites (tertiary alicyclic amines) is 1. The lowest BCUT2D eigenvalue weighted by Crippen LogP contribution is -2.47. The number of nitrogens with zero attached hydrogens (tertiary/aromatic N) is 1. The summed E-state index contributed by atoms with van der Waals surface area (Å²) in [4.78, 5) is 14.4. The molecule has 3 rings (SSSR count). The van der Waals surface area contributed by atoms with Gasteiger partial charge in [0.25, 0.3) is 5.91 Å². The number of methoxy groups -OCH3 is 1. The van der Waals surface area contributed by atoms with E-state index < -0.39 is 5.79 Å². The Morgan fingerprint density at radius 2 is 1.90 bits per heavy atom. The van der Waals surface area contributed by atoms with Crippen molar-refractivity contribution in [2.45, 2.75) is 18.6 Å². The fourth-order valence-corrected chi connectivity index (χ4v) is 2.88. The van der Waals surface area contributed by atoms with Crippen LogP contribution in [0.1, 0.15) is 23.2 Å². The standard InChI is InChI=1S/C15H20N2O4/c1-19-13-9-11(8-12(16)10-13)14(18)17-4-2-15(3-5-17)20-6-7-21-15/h8-10H,2-7,16H2,1H3. The number of rotatable bonds is 2. The van der Waals surface area contributed by atoms with Gasteiger partial charge in [-0.2, -0.15) is 0 Å². The topological polar surface area (TPSA) is 74.0 Å². The van der Waals surface area contributed by atoms with Gasteiger partial charge in [0.15, 0.2) is 5.79 Å². The van der Waals surface area contributed by atoms with Gasteiger partial charge in [0, 0.05) is 43.2 Å². The monoisotopic (exact) mass is 292 g/mol. The van der Waals surface area contributed by atoms with Crippen molar-refractivity contribution in [1.29, 1.82) is 0 Å². The van der Waals surface area contributed by atoms with Crippen molar-refractivity contribution >= 4 is 11.6 Å². The summed E-state index contributed by atoms with van der Waals surface area (Å²) in [6.45, 7) is 2.52. The van der Waals surface area contributed by atoms with Crippen molar-refractivity contribution in [3.05, 3.63) is 23.8 Å². The minimum atomic E-state index is -0.468. The van der Waals surface area contributed by atoms with Gasteiger partial charge in [-0.1, -0.05) is 0 Å². The molecule has 1 aromatic carbocycles. The van der Waals surface area contributed by atoms with Crippen molar-refractivity contribution in [3.8, 4) is 5.75 Å². The molecule has 2 saturated heterocycles. The van der Waals surface area contributed by atoms with E-state index in [1.165, 1.54) is 0 Å². The van der Waals surface area contributed by atoms with Crippen molar-refractivity contribution in [2.24, 2.45) is 0 Å². The zero-order valence-electron chi connectivity index (χ0n) is 12.1. The highest BCUT2D eigenvalue weighted by Gasteiger charge is 2.40. The van der Waals surface area contributed by atoms with Crippen LogP contribution in [0.25, 0.3) is 0 Å². The van der Waals surface area contributed by atoms with Crippen LogP contribution in [-0.2, 0) is 9.47 Å². The van der Waals surface area contributed by atoms with Crippen LogP contribution in [0.4, 0.5) is 5.69 Å². The maximum absolute atomic E-state index is 12.6. The van der Waals surface area contributed by atoms with E-state index in [1.54, 1.807) is 25.3 Å². The van der Waals surface area contributed by atoms with Crippen molar-refractivity contribution < 1.29 is 19.0 Å². The number of nitrogen functional groups attached to an aromatic ring is 1. The number of ether oxygens (including phenoxy) is 3. The molecule has 1 amide bonds. The Morgan fingerprint density at radius 1 is 1.24 bits per heavy atom. The van der Waals surface area contributed by atoms with E-state index in [9.17, 15) is 4.79 Å². The molecule has 6 nitrogen and oxygen atoms in total. The number of carbonyl (C=O) groups is 1. The van der Waals surface area contributed by atoms with Gasteiger partial charge in [-0.25, -0.2) is 0 Å². The van der Waals surface area contributed by atoms with E-state index in [0.29, 0.717) is 56.1 Å². The van der Waals surface area contributed by atoms with Gasteiger partial charge in [0.1, 0.15) is 5.75 Å². The van der Waals surface area contributed by atoms with Crippen LogP contribution < -0.4 is 10.5 Å². The Morgan fingerprint density at radius 3 is 2.52 bits per heavy atom. The Kier molecular flexibility index (Phi) is 3.73. The predicted molar refractivity (Wildman–Crippen MR) is 77.2 cm³/mol. The fourth-order valence-electron chi connectivity index (χ4n) is 2.88. The Labute approximate surface area is 123 Å². The summed E-state index contributed by atoms with van der Waals surface area (Å²) in [5.41, 5.74) is 6.88. The van der Waals surface area contributed by atoms with Crippen molar-refractivity contribution in [2.75, 3.05) is 39.1 Å². The third-order valence-electron chi connectivity index (χ3n) is 4.04. The summed E-state index contributed by atoms with van der Waals surface area (Å²) in [5, 5.41) is 0. The van der Waals surface area contributed by atoms with Crippen LogP contribution in [0, 0.1) is 0 Å². The van der Waals surface area contributed by atoms with Crippen LogP contribution in [0.2, 0.25) is 0 Å². The van der Waals surface area contributed by atoms with Gasteiger partial charge in [-0.05, 0) is 12.1 Å². The van der Waals surface area contributed by atoms with E-state index in [-0.39, 0.29) is 5.91 Å². The molecule has 0 aromatic heterocycles. The summed E-state index contributed by atoms with van der Waals surface area (Å²) >= 11 is 0. The van der Waals surface area contributed by atoms with E-state index in [4.69, 9.17) is 19.9 Å². The summed E-state index contributed by atoms with van der Waals surface area (Å²) in [6, 6.07) is 5.09. The minimum Gasteiger partial charge on any atom is -0.497 e. The molecule has 2 aliphatic heterocycles. The van der Waals surface area contributed by atoms with E-state index in [0.717, 1.165) is 0 Å². The average molecular weight is 292 g/mol. The molecule has 2 N–H and O–H groups in total. The maximum atomic E-state index is 12.6. The summed E-state index contributed by atoms with van der Waals surface area (Å²) < 4.78 is 16.5. The number of hydrogen-bond acceptors (Lipinski definition) is 5. The second-order valence-electron chi connectivity index (χ2n) is 5.39. The Balaban J connectivity index is 1.70. The molecule has 0 bridgehead atoms. The molecule has 2 heterocycles. The predicted octanol–water partition coefficient (Wildman–Crippen LogP) is 1.26. The first-order valence-electron chi connectivity index (χ1n) is 7.14. The lowest BCUT2D eigenvalue weighted by atomic mass is 10.0. The lowest BCUT2D eigenvalue weighted by Gasteiger charge is -2.37. The number of hydrogen-bond donors (Lipinski definition) is 1. The molecule has 0 atom stereocenters. The molecule has 0 radical (unpaired) electrons. The van der Waals surface area contributed by atoms with Gasteiger partial charge < -0.3 is 24.8 Å². The lowest BCUT2D eigenvalue weighted by molar-refractivity contribution is -0.181. The zero-order chi connectivity index (χ0) is 14.9. The Bertz CT molecular complexity index is 530. The van der Waals surface area contributed by atoms with Gasteiger partial charge in [0.05, 0.1) is 20.3 Å². The van der Waals surface area contributed by atoms with Crippen LogP contribution in [0.15, 0.2) is 18.2 Å². The van der Waals surface area contributed by atoms with Gasteiger partial charge in [0.2, 0.25) is 0 Å². The third-order valence-corrected chi connectivity index (χ3v) is 4.04. The van der Waals surface area contributed by atoms with Crippen LogP contribution in [0.3, 0.4) is 0 Å². The molecule has 2 fully saturated rings. The number of anilines is 1. The van der Waals surface area contributed by atoms with Gasteiger partial charge >= 0.3 is 0 Å². The molecular weight excluding hydrogens is 272 g/mol. The van der Waals surface area contributed by atoms with E-state index in [2.05, 4.69) is 0 Å². The third kappa shape index (κ3) is 2.82. The van der Waals surface area contributed by atoms with E-state index >= 15 is 0 Å². The average Bonchev–Trinajstić information content (AvgIpc) is 2.95. The number of amides is 1. The van der Waals surface area contributed by atoms with Crippen LogP contribution in [-0.4, -0.2) is 50.0 Å². The highest BCUT2D eigenvalue weighted by molar-refractivity contribution is 5.95. The maximum Gasteiger partial charge on any atom is 0.254 e.